The maximum atomic E-state index is 13.9. The van der Waals surface area contributed by atoms with Gasteiger partial charge in [-0.1, -0.05) is 5.92 Å². The number of carbonyl (C=O) groups excluding carboxylic acids is 1. The topological polar surface area (TPSA) is 87.7 Å². The van der Waals surface area contributed by atoms with Crippen molar-refractivity contribution in [1.29, 1.82) is 0 Å². The first-order valence-corrected chi connectivity index (χ1v) is 14.4. The van der Waals surface area contributed by atoms with Crippen LogP contribution in [0.2, 0.25) is 0 Å². The highest BCUT2D eigenvalue weighted by Gasteiger charge is 2.51. The first-order chi connectivity index (χ1) is 17.0. The van der Waals surface area contributed by atoms with Crippen LogP contribution in [0.5, 0.6) is 0 Å². The molecule has 4 atom stereocenters. The van der Waals surface area contributed by atoms with Crippen LogP contribution >= 0.6 is 22.7 Å². The number of ketones is 1. The molecule has 5 nitrogen and oxygen atoms in total. The van der Waals surface area contributed by atoms with Gasteiger partial charge < -0.3 is 16.2 Å². The Hall–Kier alpha value is -2.14. The van der Waals surface area contributed by atoms with Crippen LogP contribution in [0.25, 0.3) is 9.75 Å². The zero-order valence-corrected chi connectivity index (χ0v) is 22.4. The third kappa shape index (κ3) is 5.99. The van der Waals surface area contributed by atoms with Gasteiger partial charge in [0.15, 0.2) is 11.7 Å². The highest BCUT2D eigenvalue weighted by molar-refractivity contribution is 7.23. The number of rotatable bonds is 8. The Bertz CT molecular complexity index is 1110. The monoisotopic (exact) mass is 511 g/mol. The van der Waals surface area contributed by atoms with Crippen LogP contribution in [0.15, 0.2) is 29.3 Å². The number of guanidine groups is 1. The molecule has 0 aliphatic heterocycles. The first-order valence-electron chi connectivity index (χ1n) is 12.7. The molecule has 2 heterocycles. The van der Waals surface area contributed by atoms with Crippen molar-refractivity contribution in [2.45, 2.75) is 58.3 Å². The minimum Gasteiger partial charge on any atom is -0.396 e. The van der Waals surface area contributed by atoms with Crippen molar-refractivity contribution in [1.82, 2.24) is 5.32 Å². The van der Waals surface area contributed by atoms with Crippen molar-refractivity contribution in [3.8, 4) is 21.6 Å². The van der Waals surface area contributed by atoms with E-state index in [-0.39, 0.29) is 17.9 Å². The molecule has 2 aromatic heterocycles. The van der Waals surface area contributed by atoms with Gasteiger partial charge in [0, 0.05) is 35.9 Å². The number of nitrogens with two attached hydrogens (primary N) is 1. The van der Waals surface area contributed by atoms with E-state index in [9.17, 15) is 9.90 Å². The quantitative estimate of drug-likeness (QED) is 0.188. The van der Waals surface area contributed by atoms with Crippen molar-refractivity contribution in [3.63, 3.8) is 0 Å². The van der Waals surface area contributed by atoms with Gasteiger partial charge in [0.05, 0.1) is 9.75 Å². The lowest BCUT2D eigenvalue weighted by Gasteiger charge is -2.44. The SMILES string of the molecule is CC#Cc1ccc(-c2ccc(C(=O)C3CCC(CNC(N)=NC)CC34CCC(CCCO)C4)s2)s1. The highest BCUT2D eigenvalue weighted by atomic mass is 32.1. The molecule has 2 saturated carbocycles. The molecular formula is C28H37N3O2S2. The summed E-state index contributed by atoms with van der Waals surface area (Å²) in [6.45, 7) is 2.92. The van der Waals surface area contributed by atoms with Gasteiger partial charge in [-0.15, -0.1) is 28.6 Å². The molecular weight excluding hydrogens is 474 g/mol. The number of Topliss-reactive ketones (excluding diaryl/α,β-unsaturated/α-hetero) is 1. The average molecular weight is 512 g/mol. The van der Waals surface area contributed by atoms with Crippen molar-refractivity contribution in [3.05, 3.63) is 34.0 Å². The molecule has 4 N–H and O–H groups in total. The molecule has 1 spiro atoms. The number of thiophene rings is 2. The average Bonchev–Trinajstić information content (AvgIpc) is 3.61. The van der Waals surface area contributed by atoms with Gasteiger partial charge in [-0.25, -0.2) is 0 Å². The third-order valence-electron chi connectivity index (χ3n) is 7.89. The van der Waals surface area contributed by atoms with E-state index in [2.05, 4.69) is 40.3 Å². The minimum atomic E-state index is 0.0525. The predicted molar refractivity (Wildman–Crippen MR) is 147 cm³/mol. The van der Waals surface area contributed by atoms with E-state index in [1.165, 1.54) is 4.88 Å². The molecule has 0 amide bonds. The number of nitrogens with one attached hydrogen (secondary N) is 1. The summed E-state index contributed by atoms with van der Waals surface area (Å²) in [5.74, 6) is 8.08. The number of aliphatic hydroxyl groups excluding tert-OH is 1. The van der Waals surface area contributed by atoms with Crippen LogP contribution in [0.3, 0.4) is 0 Å². The van der Waals surface area contributed by atoms with E-state index in [0.717, 1.165) is 72.5 Å². The predicted octanol–water partition coefficient (Wildman–Crippen LogP) is 5.54. The lowest BCUT2D eigenvalue weighted by atomic mass is 9.60. The number of aliphatic imine (C=N–C) groups is 1. The van der Waals surface area contributed by atoms with Crippen molar-refractivity contribution >= 4 is 34.4 Å². The summed E-state index contributed by atoms with van der Waals surface area (Å²) in [7, 11) is 1.70. The van der Waals surface area contributed by atoms with Crippen LogP contribution < -0.4 is 11.1 Å². The largest absolute Gasteiger partial charge is 0.396 e. The molecule has 0 bridgehead atoms. The summed E-state index contributed by atoms with van der Waals surface area (Å²) in [5, 5.41) is 12.6. The van der Waals surface area contributed by atoms with Crippen molar-refractivity contribution in [2.24, 2.45) is 33.9 Å². The van der Waals surface area contributed by atoms with Crippen LogP contribution in [-0.4, -0.2) is 37.0 Å². The zero-order chi connectivity index (χ0) is 24.8. The highest BCUT2D eigenvalue weighted by Crippen LogP contribution is 2.57. The number of hydrogen-bond donors (Lipinski definition) is 3. The van der Waals surface area contributed by atoms with Gasteiger partial charge in [0.2, 0.25) is 0 Å². The van der Waals surface area contributed by atoms with Gasteiger partial charge >= 0.3 is 0 Å². The van der Waals surface area contributed by atoms with E-state index < -0.39 is 0 Å². The van der Waals surface area contributed by atoms with Gasteiger partial charge in [-0.3, -0.25) is 9.79 Å². The Balaban J connectivity index is 1.53. The number of nitrogens with zero attached hydrogens (tertiary/aromatic N) is 1. The van der Waals surface area contributed by atoms with E-state index in [4.69, 9.17) is 5.73 Å². The molecule has 0 aromatic carbocycles. The Morgan fingerprint density at radius 1 is 1.17 bits per heavy atom. The van der Waals surface area contributed by atoms with Crippen LogP contribution in [-0.2, 0) is 0 Å². The Kier molecular flexibility index (Phi) is 8.69. The van der Waals surface area contributed by atoms with Crippen LogP contribution in [0.4, 0.5) is 0 Å². The molecule has 2 aliphatic rings. The lowest BCUT2D eigenvalue weighted by molar-refractivity contribution is 0.0454. The second-order valence-corrected chi connectivity index (χ2v) is 12.3. The standard InChI is InChI=1S/C28H37N3O2S2/c1-3-5-21-8-10-23(34-21)24-11-12-25(35-24)26(33)22-9-7-20(18-31-27(29)30-2)17-28(22)14-13-19(16-28)6-4-15-32/h8,10-12,19-20,22,32H,4,6-7,9,13-18H2,1-2H3,(H3,29,30,31). The second kappa shape index (κ2) is 11.7. The maximum absolute atomic E-state index is 13.9. The zero-order valence-electron chi connectivity index (χ0n) is 20.8. The summed E-state index contributed by atoms with van der Waals surface area (Å²) >= 11 is 3.31. The maximum Gasteiger partial charge on any atom is 0.188 e. The van der Waals surface area contributed by atoms with Gasteiger partial charge in [-0.2, -0.15) is 0 Å². The summed E-state index contributed by atoms with van der Waals surface area (Å²) in [6, 6.07) is 8.30. The Labute approximate surface area is 217 Å². The Morgan fingerprint density at radius 3 is 2.71 bits per heavy atom. The normalized spacial score (nSPS) is 26.5. The summed E-state index contributed by atoms with van der Waals surface area (Å²) in [6.07, 6.45) is 8.30. The van der Waals surface area contributed by atoms with Crippen molar-refractivity contribution in [2.75, 3.05) is 20.2 Å². The molecule has 2 fully saturated rings. The molecule has 2 aliphatic carbocycles. The number of carbonyl (C=O) groups is 1. The van der Waals surface area contributed by atoms with Gasteiger partial charge in [0.1, 0.15) is 0 Å². The van der Waals surface area contributed by atoms with Crippen LogP contribution in [0, 0.1) is 35.0 Å². The van der Waals surface area contributed by atoms with Crippen LogP contribution in [0.1, 0.15) is 72.8 Å². The molecule has 2 aromatic rings. The lowest BCUT2D eigenvalue weighted by Crippen LogP contribution is -2.44. The number of hydrogen-bond acceptors (Lipinski definition) is 5. The van der Waals surface area contributed by atoms with E-state index in [1.807, 2.05) is 13.0 Å². The fraction of sp³-hybridized carbons (Fsp3) is 0.571. The van der Waals surface area contributed by atoms with Gasteiger partial charge in [-0.05, 0) is 99.8 Å². The summed E-state index contributed by atoms with van der Waals surface area (Å²) < 4.78 is 0. The fourth-order valence-electron chi connectivity index (χ4n) is 6.27. The molecule has 0 radical (unpaired) electrons. The molecule has 35 heavy (non-hydrogen) atoms. The van der Waals surface area contributed by atoms with E-state index in [1.54, 1.807) is 29.7 Å². The van der Waals surface area contributed by atoms with E-state index >= 15 is 0 Å². The smallest absolute Gasteiger partial charge is 0.188 e. The Morgan fingerprint density at radius 2 is 1.94 bits per heavy atom. The second-order valence-electron chi connectivity index (χ2n) is 10.1. The minimum absolute atomic E-state index is 0.0525. The number of aliphatic hydroxyl groups is 1. The van der Waals surface area contributed by atoms with Gasteiger partial charge in [0.25, 0.3) is 0 Å². The molecule has 4 unspecified atom stereocenters. The molecule has 4 rings (SSSR count). The molecule has 0 saturated heterocycles. The molecule has 188 valence electrons. The van der Waals surface area contributed by atoms with Crippen molar-refractivity contribution < 1.29 is 9.90 Å². The summed E-state index contributed by atoms with van der Waals surface area (Å²) in [4.78, 5) is 22.3. The molecule has 7 heteroatoms. The fourth-order valence-corrected chi connectivity index (χ4v) is 8.27. The van der Waals surface area contributed by atoms with E-state index in [0.29, 0.717) is 23.6 Å². The first kappa shape index (κ1) is 25.9. The third-order valence-corrected chi connectivity index (χ3v) is 10.2. The summed E-state index contributed by atoms with van der Waals surface area (Å²) in [5.41, 5.74) is 5.94.